The summed E-state index contributed by atoms with van der Waals surface area (Å²) in [6.45, 7) is -0.761. The molecule has 5 amide bonds. The van der Waals surface area contributed by atoms with Crippen LogP contribution in [-0.4, -0.2) is 191 Å². The molecule has 0 saturated carbocycles. The van der Waals surface area contributed by atoms with E-state index < -0.39 is 85.0 Å². The normalized spacial score (nSPS) is 17.4. The van der Waals surface area contributed by atoms with Crippen molar-refractivity contribution in [2.24, 2.45) is 0 Å². The fourth-order valence-electron chi connectivity index (χ4n) is 7.10. The second-order valence-corrected chi connectivity index (χ2v) is 14.9. The molecule has 2 fully saturated rings. The first-order valence-corrected chi connectivity index (χ1v) is 19.8. The molecule has 0 bridgehead atoms. The molecule has 1 aromatic carbocycles. The Labute approximate surface area is 371 Å². The molecule has 2 aliphatic heterocycles. The Kier molecular flexibility index (Phi) is 19.7. The first-order valence-electron chi connectivity index (χ1n) is 19.8. The van der Waals surface area contributed by atoms with Gasteiger partial charge in [-0.3, -0.25) is 58.0 Å². The fourth-order valence-corrected chi connectivity index (χ4v) is 7.10. The minimum absolute atomic E-state index is 0. The van der Waals surface area contributed by atoms with Gasteiger partial charge in [-0.25, -0.2) is 8.78 Å². The van der Waals surface area contributed by atoms with Crippen LogP contribution >= 0.6 is 0 Å². The van der Waals surface area contributed by atoms with Gasteiger partial charge >= 0.3 is 17.9 Å². The Hall–Kier alpha value is -5.86. The molecule has 0 aliphatic carbocycles. The molecule has 2 aliphatic rings. The molecule has 3 heterocycles. The van der Waals surface area contributed by atoms with E-state index in [0.29, 0.717) is 16.6 Å². The van der Waals surface area contributed by atoms with Gasteiger partial charge in [0.15, 0.2) is 0 Å². The van der Waals surface area contributed by atoms with Gasteiger partial charge in [-0.1, -0.05) is 0 Å². The molecular weight excluding hydrogens is 886 g/mol. The van der Waals surface area contributed by atoms with Crippen LogP contribution in [0.2, 0.25) is 0 Å². The van der Waals surface area contributed by atoms with Crippen molar-refractivity contribution < 1.29 is 79.5 Å². The second-order valence-electron chi connectivity index (χ2n) is 14.9. The van der Waals surface area contributed by atoms with Crippen LogP contribution < -0.4 is 20.9 Å². The predicted octanol–water partition coefficient (Wildman–Crippen LogP) is -0.981. The minimum Gasteiger partial charge on any atom is -0.480 e. The summed E-state index contributed by atoms with van der Waals surface area (Å²) in [6, 6.07) is 5.30. The van der Waals surface area contributed by atoms with Crippen LogP contribution in [-0.2, 0) is 50.6 Å². The molecule has 1 unspecified atom stereocenters. The Morgan fingerprint density at radius 2 is 1.46 bits per heavy atom. The molecule has 4 rings (SSSR count). The van der Waals surface area contributed by atoms with Crippen LogP contribution in [0.25, 0.3) is 10.9 Å². The van der Waals surface area contributed by atoms with Gasteiger partial charge in [-0.05, 0) is 30.7 Å². The van der Waals surface area contributed by atoms with Crippen LogP contribution in [0.1, 0.15) is 42.5 Å². The first kappa shape index (κ1) is 51.5. The van der Waals surface area contributed by atoms with Crippen LogP contribution in [0.15, 0.2) is 30.5 Å². The number of hydrogen-bond donors (Lipinski definition) is 6. The van der Waals surface area contributed by atoms with Gasteiger partial charge in [-0.15, -0.1) is 0 Å². The zero-order valence-corrected chi connectivity index (χ0v) is 35.3. The molecule has 24 heteroatoms. The number of rotatable bonds is 19. The summed E-state index contributed by atoms with van der Waals surface area (Å²) < 4.78 is 27.6. The topological polar surface area (TPSA) is 286 Å². The van der Waals surface area contributed by atoms with Crippen LogP contribution in [0.3, 0.4) is 0 Å². The Morgan fingerprint density at radius 3 is 2.03 bits per heavy atom. The van der Waals surface area contributed by atoms with Gasteiger partial charge < -0.3 is 41.1 Å². The number of carbonyl (C=O) groups excluding carboxylic acids is 5. The quantitative estimate of drug-likeness (QED) is 0.0729. The monoisotopic (exact) mass is 935 g/mol. The number of alkyl halides is 2. The number of carboxylic acids is 3. The molecule has 6 N–H and O–H groups in total. The van der Waals surface area contributed by atoms with Crippen molar-refractivity contribution in [1.29, 1.82) is 5.26 Å². The maximum absolute atomic E-state index is 13.8. The molecule has 2 saturated heterocycles. The molecule has 1 radical (unpaired) electrons. The van der Waals surface area contributed by atoms with Crippen molar-refractivity contribution in [2.45, 2.75) is 50.1 Å². The number of aliphatic carboxylic acids is 3. The number of carbonyl (C=O) groups is 8. The zero-order valence-electron chi connectivity index (χ0n) is 34.4. The van der Waals surface area contributed by atoms with E-state index in [1.807, 2.05) is 0 Å². The molecule has 21 nitrogen and oxygen atoms in total. The minimum atomic E-state index is -3.21. The number of aromatic nitrogens is 1. The van der Waals surface area contributed by atoms with E-state index >= 15 is 0 Å². The van der Waals surface area contributed by atoms with Crippen molar-refractivity contribution in [3.8, 4) is 6.07 Å². The molecule has 2 aromatic rings. The molecule has 1 aromatic heterocycles. The standard InChI is InChI=1S/C39H50F2N10O11.Cu/c1-47(25-2-3-29-28(18-25)27(8-9-43-29)37(60)46-21-34(55)51-24-39(40,41)19-26(51)20-42)33(54)7-6-32(53)45-11-10-44-31(52)5-4-30(38(61)62)50-16-14-48(22-35(56)57)12-13-49(15-17-50)23-36(58)59;/h2-3,8-9,18,26,30H,4-7,10-17,19,21-24H2,1H3,(H,44,52)(H,45,53)(H,46,60)(H,56,57)(H,58,59)(H,61,62);/t26-,30?;/m0./s1. The number of fused-ring (bicyclic) bond motifs is 1. The largest absolute Gasteiger partial charge is 0.480 e. The molecule has 2 atom stereocenters. The maximum Gasteiger partial charge on any atom is 0.320 e. The van der Waals surface area contributed by atoms with Crippen molar-refractivity contribution in [2.75, 3.05) is 90.5 Å². The van der Waals surface area contributed by atoms with Crippen LogP contribution in [0.5, 0.6) is 0 Å². The Morgan fingerprint density at radius 1 is 0.873 bits per heavy atom. The molecule has 0 spiro atoms. The van der Waals surface area contributed by atoms with E-state index in [0.717, 1.165) is 4.90 Å². The Bertz CT molecular complexity index is 2030. The van der Waals surface area contributed by atoms with E-state index in [1.54, 1.807) is 32.9 Å². The summed E-state index contributed by atoms with van der Waals surface area (Å²) in [5.41, 5.74) is 0.820. The molecular formula is C39H50CuF2N10O11. The van der Waals surface area contributed by atoms with Crippen LogP contribution in [0.4, 0.5) is 14.5 Å². The average molecular weight is 936 g/mol. The number of pyridine rings is 1. The van der Waals surface area contributed by atoms with Crippen molar-refractivity contribution in [1.82, 2.24) is 40.5 Å². The summed E-state index contributed by atoms with van der Waals surface area (Å²) in [4.78, 5) is 110. The first-order chi connectivity index (χ1) is 29.4. The average Bonchev–Trinajstić information content (AvgIpc) is 3.59. The van der Waals surface area contributed by atoms with Gasteiger partial charge in [-0.2, -0.15) is 5.26 Å². The smallest absolute Gasteiger partial charge is 0.320 e. The van der Waals surface area contributed by atoms with Gasteiger partial charge in [0.05, 0.1) is 43.3 Å². The maximum atomic E-state index is 13.8. The van der Waals surface area contributed by atoms with Gasteiger partial charge in [0.25, 0.3) is 11.8 Å². The predicted molar refractivity (Wildman–Crippen MR) is 214 cm³/mol. The summed E-state index contributed by atoms with van der Waals surface area (Å²) in [6.07, 6.45) is -0.0963. The van der Waals surface area contributed by atoms with Gasteiger partial charge in [0.2, 0.25) is 23.6 Å². The number of amides is 5. The summed E-state index contributed by atoms with van der Waals surface area (Å²) in [5.74, 6) is -9.52. The van der Waals surface area contributed by atoms with Gasteiger partial charge in [0.1, 0.15) is 12.1 Å². The van der Waals surface area contributed by atoms with E-state index in [-0.39, 0.29) is 114 Å². The number of nitriles is 1. The van der Waals surface area contributed by atoms with E-state index in [4.69, 9.17) is 0 Å². The summed E-state index contributed by atoms with van der Waals surface area (Å²) >= 11 is 0. The van der Waals surface area contributed by atoms with Crippen molar-refractivity contribution in [3.05, 3.63) is 36.0 Å². The number of likely N-dealkylation sites (tertiary alicyclic amines) is 1. The number of benzene rings is 1. The Balaban J connectivity index is 0.0000106. The van der Waals surface area contributed by atoms with E-state index in [9.17, 15) is 67.7 Å². The molecule has 347 valence electrons. The molecule has 63 heavy (non-hydrogen) atoms. The third-order valence-corrected chi connectivity index (χ3v) is 10.4. The summed E-state index contributed by atoms with van der Waals surface area (Å²) in [7, 11) is 1.47. The van der Waals surface area contributed by atoms with Crippen molar-refractivity contribution in [3.63, 3.8) is 0 Å². The van der Waals surface area contributed by atoms with Crippen molar-refractivity contribution >= 4 is 64.0 Å². The number of hydrogen-bond acceptors (Lipinski definition) is 13. The fraction of sp³-hybridized carbons (Fsp3) is 0.538. The number of nitrogens with zero attached hydrogens (tertiary/aromatic N) is 7. The third-order valence-electron chi connectivity index (χ3n) is 10.4. The van der Waals surface area contributed by atoms with E-state index in [2.05, 4.69) is 20.9 Å². The number of anilines is 1. The summed E-state index contributed by atoms with van der Waals surface area (Å²) in [5, 5.41) is 45.7. The van der Waals surface area contributed by atoms with Crippen LogP contribution in [0, 0.1) is 11.3 Å². The van der Waals surface area contributed by atoms with Gasteiger partial charge in [0, 0.05) is 119 Å². The number of carboxylic acid groups (broad SMARTS) is 3. The number of nitrogens with one attached hydrogen (secondary N) is 3. The second kappa shape index (κ2) is 24.1. The third kappa shape index (κ3) is 15.8. The zero-order chi connectivity index (χ0) is 45.6. The SMILES string of the molecule is CN(C(=O)CCC(=O)NCCNC(=O)CCC(C(=O)O)N1CCN(CC(=O)O)CCN(CC(=O)O)CC1)c1ccc2nccc(C(=O)NCC(=O)N3CC(F)(F)C[C@H]3C#N)c2c1.[Cu]. The number of halogens is 2. The van der Waals surface area contributed by atoms with E-state index in [1.165, 1.54) is 30.3 Å².